The van der Waals surface area contributed by atoms with Crippen LogP contribution in [0, 0.1) is 5.82 Å². The minimum Gasteiger partial charge on any atom is -0.357 e. The van der Waals surface area contributed by atoms with Gasteiger partial charge in [0.1, 0.15) is 0 Å². The van der Waals surface area contributed by atoms with Gasteiger partial charge in [-0.05, 0) is 31.9 Å². The van der Waals surface area contributed by atoms with E-state index in [9.17, 15) is 4.39 Å². The first-order chi connectivity index (χ1) is 13.2. The highest BCUT2D eigenvalue weighted by atomic mass is 127. The molecule has 154 valence electrons. The number of hydrogen-bond acceptors (Lipinski definition) is 5. The largest absolute Gasteiger partial charge is 0.357 e. The van der Waals surface area contributed by atoms with Crippen LogP contribution in [0.15, 0.2) is 28.7 Å². The summed E-state index contributed by atoms with van der Waals surface area (Å²) in [5.74, 6) is 0.962. The Balaban J connectivity index is 0.00000280. The van der Waals surface area contributed by atoms with Crippen LogP contribution in [0.5, 0.6) is 0 Å². The molecule has 3 heterocycles. The highest BCUT2D eigenvalue weighted by Gasteiger charge is 2.25. The molecular formula is C19H28FIN6S. The Labute approximate surface area is 187 Å². The van der Waals surface area contributed by atoms with E-state index in [1.54, 1.807) is 23.6 Å². The molecule has 1 fully saturated rings. The lowest BCUT2D eigenvalue weighted by molar-refractivity contribution is 0.612. The zero-order valence-corrected chi connectivity index (χ0v) is 19.5. The van der Waals surface area contributed by atoms with E-state index in [0.29, 0.717) is 18.9 Å². The molecule has 1 unspecified atom stereocenters. The van der Waals surface area contributed by atoms with E-state index in [4.69, 9.17) is 0 Å². The number of guanidine groups is 1. The quantitative estimate of drug-likeness (QED) is 0.335. The maximum Gasteiger partial charge on any atom is 0.191 e. The molecule has 0 radical (unpaired) electrons. The minimum atomic E-state index is -0.270. The van der Waals surface area contributed by atoms with Crippen molar-refractivity contribution in [3.63, 3.8) is 0 Å². The zero-order valence-electron chi connectivity index (χ0n) is 16.3. The molecule has 0 amide bonds. The Hall–Kier alpha value is -1.49. The van der Waals surface area contributed by atoms with Gasteiger partial charge in [-0.25, -0.2) is 14.4 Å². The normalized spacial score (nSPS) is 16.8. The minimum absolute atomic E-state index is 0. The third-order valence-electron chi connectivity index (χ3n) is 4.45. The summed E-state index contributed by atoms with van der Waals surface area (Å²) in [5.41, 5.74) is 1.11. The van der Waals surface area contributed by atoms with Crippen molar-refractivity contribution in [2.45, 2.75) is 39.2 Å². The molecule has 0 bridgehead atoms. The number of nitrogens with zero attached hydrogens (tertiary/aromatic N) is 4. The fourth-order valence-corrected chi connectivity index (χ4v) is 3.88. The number of thiazole rings is 1. The molecule has 0 spiro atoms. The summed E-state index contributed by atoms with van der Waals surface area (Å²) in [4.78, 5) is 15.4. The number of pyridine rings is 1. The molecule has 0 saturated carbocycles. The van der Waals surface area contributed by atoms with Crippen LogP contribution in [-0.2, 0) is 12.8 Å². The van der Waals surface area contributed by atoms with Gasteiger partial charge in [-0.3, -0.25) is 4.99 Å². The molecule has 2 aromatic heterocycles. The first kappa shape index (κ1) is 22.8. The highest BCUT2D eigenvalue weighted by Crippen LogP contribution is 2.20. The predicted molar refractivity (Wildman–Crippen MR) is 125 cm³/mol. The van der Waals surface area contributed by atoms with Crippen molar-refractivity contribution >= 4 is 47.1 Å². The molecule has 1 aliphatic heterocycles. The summed E-state index contributed by atoms with van der Waals surface area (Å²) < 4.78 is 13.9. The molecule has 28 heavy (non-hydrogen) atoms. The number of hydrogen-bond donors (Lipinski definition) is 2. The van der Waals surface area contributed by atoms with Gasteiger partial charge >= 0.3 is 0 Å². The first-order valence-electron chi connectivity index (χ1n) is 9.53. The molecule has 0 aliphatic carbocycles. The summed E-state index contributed by atoms with van der Waals surface area (Å²) in [6, 6.07) is 3.29. The third-order valence-corrected chi connectivity index (χ3v) is 5.49. The van der Waals surface area contributed by atoms with Gasteiger partial charge < -0.3 is 15.5 Å². The Kier molecular flexibility index (Phi) is 9.36. The second-order valence-electron chi connectivity index (χ2n) is 6.48. The highest BCUT2D eigenvalue weighted by molar-refractivity contribution is 14.0. The first-order valence-corrected chi connectivity index (χ1v) is 10.4. The molecule has 9 heteroatoms. The van der Waals surface area contributed by atoms with Crippen LogP contribution in [0.2, 0.25) is 0 Å². The summed E-state index contributed by atoms with van der Waals surface area (Å²) in [7, 11) is 0. The SMILES string of the molecule is CCNC(=NCCc1csc(CC)n1)NC1CCN(c2ncccc2F)C1.I. The molecule has 2 aromatic rings. The molecule has 1 atom stereocenters. The van der Waals surface area contributed by atoms with Crippen molar-refractivity contribution < 1.29 is 4.39 Å². The van der Waals surface area contributed by atoms with Gasteiger partial charge in [-0.15, -0.1) is 35.3 Å². The molecule has 1 saturated heterocycles. The van der Waals surface area contributed by atoms with Gasteiger partial charge in [0.2, 0.25) is 0 Å². The van der Waals surface area contributed by atoms with Crippen LogP contribution < -0.4 is 15.5 Å². The Morgan fingerprint density at radius 2 is 2.29 bits per heavy atom. The van der Waals surface area contributed by atoms with Crippen LogP contribution in [-0.4, -0.2) is 48.1 Å². The van der Waals surface area contributed by atoms with Crippen LogP contribution in [0.1, 0.15) is 31.0 Å². The summed E-state index contributed by atoms with van der Waals surface area (Å²) in [5, 5.41) is 10.0. The van der Waals surface area contributed by atoms with E-state index >= 15 is 0 Å². The van der Waals surface area contributed by atoms with Crippen molar-refractivity contribution in [2.75, 3.05) is 31.1 Å². The smallest absolute Gasteiger partial charge is 0.191 e. The van der Waals surface area contributed by atoms with Crippen LogP contribution in [0.25, 0.3) is 0 Å². The van der Waals surface area contributed by atoms with E-state index in [2.05, 4.69) is 44.8 Å². The topological polar surface area (TPSA) is 65.4 Å². The van der Waals surface area contributed by atoms with Gasteiger partial charge in [-0.1, -0.05) is 6.92 Å². The predicted octanol–water partition coefficient (Wildman–Crippen LogP) is 3.23. The number of anilines is 1. The van der Waals surface area contributed by atoms with Crippen LogP contribution in [0.3, 0.4) is 0 Å². The number of aliphatic imine (C=N–C) groups is 1. The Bertz CT molecular complexity index is 768. The van der Waals surface area contributed by atoms with E-state index < -0.39 is 0 Å². The lowest BCUT2D eigenvalue weighted by atomic mass is 10.3. The van der Waals surface area contributed by atoms with Gasteiger partial charge in [-0.2, -0.15) is 0 Å². The Morgan fingerprint density at radius 1 is 1.43 bits per heavy atom. The van der Waals surface area contributed by atoms with Gasteiger partial charge in [0, 0.05) is 50.2 Å². The standard InChI is InChI=1S/C19H27FN6S.HI/c1-3-17-24-15(13-27-17)7-10-23-19(21-4-2)25-14-8-11-26(12-14)18-16(20)6-5-9-22-18;/h5-6,9,13-14H,3-4,7-8,10-12H2,1-2H3,(H2,21,23,25);1H. The van der Waals surface area contributed by atoms with Crippen molar-refractivity contribution in [1.29, 1.82) is 0 Å². The number of aromatic nitrogens is 2. The maximum absolute atomic E-state index is 13.9. The molecule has 2 N–H and O–H groups in total. The third kappa shape index (κ3) is 6.26. The molecular weight excluding hydrogens is 490 g/mol. The van der Waals surface area contributed by atoms with Crippen LogP contribution in [0.4, 0.5) is 10.2 Å². The second kappa shape index (κ2) is 11.5. The fraction of sp³-hybridized carbons (Fsp3) is 0.526. The molecule has 3 rings (SSSR count). The summed E-state index contributed by atoms with van der Waals surface area (Å²) in [6.07, 6.45) is 4.37. The van der Waals surface area contributed by atoms with Crippen molar-refractivity contribution in [2.24, 2.45) is 4.99 Å². The van der Waals surface area contributed by atoms with Crippen molar-refractivity contribution in [1.82, 2.24) is 20.6 Å². The maximum atomic E-state index is 13.9. The summed E-state index contributed by atoms with van der Waals surface area (Å²) in [6.45, 7) is 7.15. The monoisotopic (exact) mass is 518 g/mol. The second-order valence-corrected chi connectivity index (χ2v) is 7.42. The molecule has 6 nitrogen and oxygen atoms in total. The average molecular weight is 518 g/mol. The van der Waals surface area contributed by atoms with E-state index in [0.717, 1.165) is 44.0 Å². The van der Waals surface area contributed by atoms with Crippen molar-refractivity contribution in [3.05, 3.63) is 40.2 Å². The van der Waals surface area contributed by atoms with E-state index in [1.165, 1.54) is 11.1 Å². The Morgan fingerprint density at radius 3 is 3.00 bits per heavy atom. The summed E-state index contributed by atoms with van der Waals surface area (Å²) >= 11 is 1.71. The zero-order chi connectivity index (χ0) is 19.1. The lowest BCUT2D eigenvalue weighted by Crippen LogP contribution is -2.44. The van der Waals surface area contributed by atoms with E-state index in [-0.39, 0.29) is 35.8 Å². The number of aryl methyl sites for hydroxylation is 1. The van der Waals surface area contributed by atoms with Crippen LogP contribution >= 0.6 is 35.3 Å². The van der Waals surface area contributed by atoms with Gasteiger partial charge in [0.15, 0.2) is 17.6 Å². The fourth-order valence-electron chi connectivity index (χ4n) is 3.10. The number of rotatable bonds is 7. The number of halogens is 2. The van der Waals surface area contributed by atoms with Gasteiger partial charge in [0.25, 0.3) is 0 Å². The molecule has 0 aromatic carbocycles. The lowest BCUT2D eigenvalue weighted by Gasteiger charge is -2.19. The van der Waals surface area contributed by atoms with E-state index in [1.807, 2.05) is 4.90 Å². The molecule has 1 aliphatic rings. The van der Waals surface area contributed by atoms with Crippen molar-refractivity contribution in [3.8, 4) is 0 Å². The number of nitrogens with one attached hydrogen (secondary N) is 2. The average Bonchev–Trinajstić information content (AvgIpc) is 3.32. The van der Waals surface area contributed by atoms with Gasteiger partial charge in [0.05, 0.1) is 10.7 Å².